The SMILES string of the molecule is Cc1nc(NC(=O)OCC2c3ccccc3-c3ccccc32)cnc1C(=O)O. The summed E-state index contributed by atoms with van der Waals surface area (Å²) in [6.45, 7) is 1.69. The topological polar surface area (TPSA) is 101 Å². The van der Waals surface area contributed by atoms with Crippen molar-refractivity contribution in [3.05, 3.63) is 77.2 Å². The number of carbonyl (C=O) groups excluding carboxylic acids is 1. The number of aromatic carboxylic acids is 1. The molecular weight excluding hydrogens is 358 g/mol. The monoisotopic (exact) mass is 375 g/mol. The highest BCUT2D eigenvalue weighted by molar-refractivity contribution is 5.87. The second kappa shape index (κ2) is 7.11. The number of carboxylic acids is 1. The summed E-state index contributed by atoms with van der Waals surface area (Å²) < 4.78 is 5.43. The molecule has 1 aliphatic carbocycles. The number of aromatic nitrogens is 2. The Kier molecular flexibility index (Phi) is 4.49. The summed E-state index contributed by atoms with van der Waals surface area (Å²) >= 11 is 0. The molecule has 3 aromatic rings. The number of hydrogen-bond acceptors (Lipinski definition) is 5. The lowest BCUT2D eigenvalue weighted by molar-refractivity contribution is 0.0689. The van der Waals surface area contributed by atoms with Gasteiger partial charge in [-0.1, -0.05) is 48.5 Å². The Hall–Kier alpha value is -3.74. The van der Waals surface area contributed by atoms with E-state index >= 15 is 0 Å². The van der Waals surface area contributed by atoms with Gasteiger partial charge < -0.3 is 9.84 Å². The highest BCUT2D eigenvalue weighted by Crippen LogP contribution is 2.44. The van der Waals surface area contributed by atoms with Crippen molar-refractivity contribution in [3.8, 4) is 11.1 Å². The summed E-state index contributed by atoms with van der Waals surface area (Å²) in [6, 6.07) is 16.1. The molecule has 0 unspecified atom stereocenters. The molecule has 0 aliphatic heterocycles. The lowest BCUT2D eigenvalue weighted by Crippen LogP contribution is -2.19. The quantitative estimate of drug-likeness (QED) is 0.718. The summed E-state index contributed by atoms with van der Waals surface area (Å²) in [5, 5.41) is 11.5. The highest BCUT2D eigenvalue weighted by atomic mass is 16.5. The van der Waals surface area contributed by atoms with Crippen LogP contribution in [0, 0.1) is 6.92 Å². The van der Waals surface area contributed by atoms with E-state index in [1.165, 1.54) is 13.1 Å². The van der Waals surface area contributed by atoms with Crippen LogP contribution in [0.1, 0.15) is 33.2 Å². The van der Waals surface area contributed by atoms with Gasteiger partial charge in [0.05, 0.1) is 11.9 Å². The van der Waals surface area contributed by atoms with Gasteiger partial charge in [-0.15, -0.1) is 0 Å². The lowest BCUT2D eigenvalue weighted by atomic mass is 9.98. The minimum Gasteiger partial charge on any atom is -0.476 e. The number of rotatable bonds is 4. The molecule has 2 N–H and O–H groups in total. The molecule has 1 amide bonds. The zero-order valence-electron chi connectivity index (χ0n) is 15.0. The second-order valence-corrected chi connectivity index (χ2v) is 6.44. The Morgan fingerprint density at radius 3 is 2.25 bits per heavy atom. The van der Waals surface area contributed by atoms with E-state index in [2.05, 4.69) is 27.4 Å². The average molecular weight is 375 g/mol. The second-order valence-electron chi connectivity index (χ2n) is 6.44. The van der Waals surface area contributed by atoms with Gasteiger partial charge in [-0.25, -0.2) is 19.6 Å². The van der Waals surface area contributed by atoms with Gasteiger partial charge in [0.1, 0.15) is 6.61 Å². The standard InChI is InChI=1S/C21H17N3O4/c1-12-19(20(25)26)22-10-18(23-12)24-21(27)28-11-17-15-8-4-2-6-13(15)14-7-3-5-9-16(14)17/h2-10,17H,11H2,1H3,(H,25,26)(H,23,24,27). The molecule has 2 aromatic carbocycles. The van der Waals surface area contributed by atoms with Crippen LogP contribution >= 0.6 is 0 Å². The third-order valence-corrected chi connectivity index (χ3v) is 4.72. The first kappa shape index (κ1) is 17.7. The van der Waals surface area contributed by atoms with Gasteiger partial charge in [0.15, 0.2) is 11.5 Å². The molecule has 0 atom stereocenters. The molecular formula is C21H17N3O4. The van der Waals surface area contributed by atoms with Crippen molar-refractivity contribution in [2.75, 3.05) is 11.9 Å². The van der Waals surface area contributed by atoms with Crippen molar-refractivity contribution in [2.24, 2.45) is 0 Å². The van der Waals surface area contributed by atoms with E-state index < -0.39 is 12.1 Å². The number of benzene rings is 2. The normalized spacial score (nSPS) is 12.2. The van der Waals surface area contributed by atoms with Gasteiger partial charge in [-0.3, -0.25) is 5.32 Å². The van der Waals surface area contributed by atoms with Crippen molar-refractivity contribution < 1.29 is 19.4 Å². The van der Waals surface area contributed by atoms with Gasteiger partial charge >= 0.3 is 12.1 Å². The molecule has 0 saturated carbocycles. The maximum absolute atomic E-state index is 12.2. The summed E-state index contributed by atoms with van der Waals surface area (Å²) in [5.74, 6) is -1.07. The average Bonchev–Trinajstić information content (AvgIpc) is 3.00. The molecule has 1 heterocycles. The van der Waals surface area contributed by atoms with E-state index in [0.717, 1.165) is 22.3 Å². The number of carboxylic acid groups (broad SMARTS) is 1. The summed E-state index contributed by atoms with van der Waals surface area (Å²) in [5.41, 5.74) is 4.61. The van der Waals surface area contributed by atoms with Crippen LogP contribution in [0.25, 0.3) is 11.1 Å². The summed E-state index contributed by atoms with van der Waals surface area (Å²) in [6.07, 6.45) is 0.524. The van der Waals surface area contributed by atoms with E-state index in [9.17, 15) is 9.59 Å². The number of aryl methyl sites for hydroxylation is 1. The molecule has 0 radical (unpaired) electrons. The van der Waals surface area contributed by atoms with Crippen LogP contribution in [0.5, 0.6) is 0 Å². The van der Waals surface area contributed by atoms with E-state index in [0.29, 0.717) is 0 Å². The fourth-order valence-electron chi connectivity index (χ4n) is 3.49. The Bertz CT molecular complexity index is 1040. The number of amides is 1. The zero-order valence-corrected chi connectivity index (χ0v) is 15.0. The lowest BCUT2D eigenvalue weighted by Gasteiger charge is -2.14. The number of ether oxygens (including phenoxy) is 1. The van der Waals surface area contributed by atoms with Crippen LogP contribution in [-0.2, 0) is 4.74 Å². The van der Waals surface area contributed by atoms with E-state index in [1.54, 1.807) is 0 Å². The molecule has 140 valence electrons. The van der Waals surface area contributed by atoms with E-state index in [1.807, 2.05) is 36.4 Å². The third kappa shape index (κ3) is 3.18. The van der Waals surface area contributed by atoms with Gasteiger partial charge in [0.2, 0.25) is 0 Å². The van der Waals surface area contributed by atoms with E-state index in [-0.39, 0.29) is 29.7 Å². The van der Waals surface area contributed by atoms with Crippen molar-refractivity contribution in [1.82, 2.24) is 9.97 Å². The van der Waals surface area contributed by atoms with Crippen molar-refractivity contribution in [3.63, 3.8) is 0 Å². The molecule has 0 spiro atoms. The fraction of sp³-hybridized carbons (Fsp3) is 0.143. The third-order valence-electron chi connectivity index (χ3n) is 4.72. The van der Waals surface area contributed by atoms with Gasteiger partial charge in [-0.05, 0) is 29.2 Å². The van der Waals surface area contributed by atoms with Crippen molar-refractivity contribution >= 4 is 17.9 Å². The molecule has 7 heteroatoms. The van der Waals surface area contributed by atoms with Crippen LogP contribution in [0.15, 0.2) is 54.7 Å². The minimum atomic E-state index is -1.17. The molecule has 0 fully saturated rings. The summed E-state index contributed by atoms with van der Waals surface area (Å²) in [4.78, 5) is 31.0. The first-order valence-electron chi connectivity index (χ1n) is 8.73. The predicted molar refractivity (Wildman–Crippen MR) is 102 cm³/mol. The number of hydrogen-bond donors (Lipinski definition) is 2. The number of carbonyl (C=O) groups is 2. The van der Waals surface area contributed by atoms with Crippen molar-refractivity contribution in [2.45, 2.75) is 12.8 Å². The van der Waals surface area contributed by atoms with Crippen LogP contribution < -0.4 is 5.32 Å². The van der Waals surface area contributed by atoms with Crippen LogP contribution in [0.3, 0.4) is 0 Å². The molecule has 7 nitrogen and oxygen atoms in total. The molecule has 1 aromatic heterocycles. The van der Waals surface area contributed by atoms with Crippen LogP contribution in [0.2, 0.25) is 0 Å². The predicted octanol–water partition coefficient (Wildman–Crippen LogP) is 3.84. The van der Waals surface area contributed by atoms with Crippen LogP contribution in [-0.4, -0.2) is 33.7 Å². The Morgan fingerprint density at radius 1 is 1.07 bits per heavy atom. The van der Waals surface area contributed by atoms with Crippen molar-refractivity contribution in [1.29, 1.82) is 0 Å². The molecule has 28 heavy (non-hydrogen) atoms. The molecule has 0 saturated heterocycles. The Balaban J connectivity index is 1.47. The number of fused-ring (bicyclic) bond motifs is 3. The van der Waals surface area contributed by atoms with Gasteiger partial charge in [-0.2, -0.15) is 0 Å². The number of anilines is 1. The maximum Gasteiger partial charge on any atom is 0.412 e. The first-order valence-corrected chi connectivity index (χ1v) is 8.73. The Labute approximate surface area is 161 Å². The van der Waals surface area contributed by atoms with Gasteiger partial charge in [0.25, 0.3) is 0 Å². The molecule has 0 bridgehead atoms. The smallest absolute Gasteiger partial charge is 0.412 e. The van der Waals surface area contributed by atoms with E-state index in [4.69, 9.17) is 9.84 Å². The molecule has 1 aliphatic rings. The minimum absolute atomic E-state index is 0.0413. The highest BCUT2D eigenvalue weighted by Gasteiger charge is 2.29. The first-order chi connectivity index (χ1) is 13.5. The molecule has 4 rings (SSSR count). The number of nitrogens with zero attached hydrogens (tertiary/aromatic N) is 2. The van der Waals surface area contributed by atoms with Crippen LogP contribution in [0.4, 0.5) is 10.6 Å². The fourth-order valence-corrected chi connectivity index (χ4v) is 3.49. The van der Waals surface area contributed by atoms with Gasteiger partial charge in [0, 0.05) is 5.92 Å². The number of nitrogens with one attached hydrogen (secondary N) is 1. The zero-order chi connectivity index (χ0) is 19.7. The Morgan fingerprint density at radius 2 is 1.68 bits per heavy atom. The maximum atomic E-state index is 12.2. The summed E-state index contributed by atoms with van der Waals surface area (Å²) in [7, 11) is 0. The largest absolute Gasteiger partial charge is 0.476 e.